The van der Waals surface area contributed by atoms with Crippen molar-refractivity contribution >= 4 is 6.09 Å². The monoisotopic (exact) mass is 297 g/mol. The first kappa shape index (κ1) is 14.4. The maximum atomic E-state index is 11.6. The molecule has 4 heteroatoms. The summed E-state index contributed by atoms with van der Waals surface area (Å²) in [7, 11) is 3.44. The van der Waals surface area contributed by atoms with Gasteiger partial charge in [0.05, 0.1) is 13.2 Å². The van der Waals surface area contributed by atoms with Crippen molar-refractivity contribution in [3.63, 3.8) is 0 Å². The van der Waals surface area contributed by atoms with Gasteiger partial charge in [-0.1, -0.05) is 42.5 Å². The van der Waals surface area contributed by atoms with Crippen molar-refractivity contribution < 1.29 is 14.3 Å². The Morgan fingerprint density at radius 1 is 1.09 bits per heavy atom. The van der Waals surface area contributed by atoms with Gasteiger partial charge in [0.25, 0.3) is 0 Å². The molecule has 0 spiro atoms. The van der Waals surface area contributed by atoms with Crippen LogP contribution in [0, 0.1) is 0 Å². The van der Waals surface area contributed by atoms with Crippen LogP contribution < -0.4 is 4.74 Å². The fourth-order valence-corrected chi connectivity index (χ4v) is 2.97. The lowest BCUT2D eigenvalue weighted by Gasteiger charge is -2.20. The normalized spacial score (nSPS) is 20.9. The summed E-state index contributed by atoms with van der Waals surface area (Å²) in [5.41, 5.74) is 3.21. The minimum absolute atomic E-state index is 0.0424. The Balaban J connectivity index is 1.92. The zero-order chi connectivity index (χ0) is 15.7. The van der Waals surface area contributed by atoms with Crippen molar-refractivity contribution in [2.45, 2.75) is 19.1 Å². The van der Waals surface area contributed by atoms with Gasteiger partial charge in [-0.3, -0.25) is 0 Å². The number of cyclic esters (lactones) is 1. The van der Waals surface area contributed by atoms with Crippen LogP contribution in [0.1, 0.15) is 18.5 Å². The first-order chi connectivity index (χ1) is 10.6. The van der Waals surface area contributed by atoms with Gasteiger partial charge >= 0.3 is 6.09 Å². The first-order valence-electron chi connectivity index (χ1n) is 7.28. The second kappa shape index (κ2) is 5.72. The lowest BCUT2D eigenvalue weighted by molar-refractivity contribution is 0.138. The molecule has 0 bridgehead atoms. The first-order valence-corrected chi connectivity index (χ1v) is 7.28. The van der Waals surface area contributed by atoms with Crippen LogP contribution in [-0.2, 0) is 4.74 Å². The zero-order valence-electron chi connectivity index (χ0n) is 12.9. The van der Waals surface area contributed by atoms with E-state index < -0.39 is 0 Å². The van der Waals surface area contributed by atoms with E-state index in [1.54, 1.807) is 19.1 Å². The van der Waals surface area contributed by atoms with Crippen LogP contribution in [0.2, 0.25) is 0 Å². The number of likely N-dealkylation sites (N-methyl/N-ethyl adjacent to an activating group) is 1. The van der Waals surface area contributed by atoms with Crippen molar-refractivity contribution in [1.29, 1.82) is 0 Å². The number of carbonyl (C=O) groups is 1. The zero-order valence-corrected chi connectivity index (χ0v) is 12.9. The Kier molecular flexibility index (Phi) is 3.75. The molecule has 1 aliphatic heterocycles. The predicted octanol–water partition coefficient (Wildman–Crippen LogP) is 3.87. The highest BCUT2D eigenvalue weighted by Gasteiger charge is 2.37. The molecule has 3 rings (SSSR count). The Morgan fingerprint density at radius 2 is 1.77 bits per heavy atom. The van der Waals surface area contributed by atoms with E-state index in [4.69, 9.17) is 9.47 Å². The smallest absolute Gasteiger partial charge is 0.410 e. The number of rotatable bonds is 3. The molecule has 0 N–H and O–H groups in total. The van der Waals surface area contributed by atoms with Gasteiger partial charge in [-0.25, -0.2) is 4.79 Å². The van der Waals surface area contributed by atoms with E-state index in [1.165, 1.54) is 0 Å². The van der Waals surface area contributed by atoms with Crippen LogP contribution >= 0.6 is 0 Å². The highest BCUT2D eigenvalue weighted by molar-refractivity contribution is 5.72. The fraction of sp³-hybridized carbons (Fsp3) is 0.278. The number of hydrogen-bond acceptors (Lipinski definition) is 3. The average Bonchev–Trinajstić information content (AvgIpc) is 2.80. The number of hydrogen-bond donors (Lipinski definition) is 0. The van der Waals surface area contributed by atoms with Gasteiger partial charge in [0.15, 0.2) is 0 Å². The lowest BCUT2D eigenvalue weighted by atomic mass is 9.98. The molecule has 0 aromatic heterocycles. The minimum atomic E-state index is -0.272. The number of carbonyl (C=O) groups excluding carboxylic acids is 1. The SMILES string of the molecule is COc1ccccc1-c1ccc(C2C(C)OC(=O)N2C)cc1. The molecule has 1 heterocycles. The van der Waals surface area contributed by atoms with Crippen LogP contribution in [0.3, 0.4) is 0 Å². The summed E-state index contributed by atoms with van der Waals surface area (Å²) >= 11 is 0. The maximum Gasteiger partial charge on any atom is 0.410 e. The van der Waals surface area contributed by atoms with Crippen molar-refractivity contribution in [2.24, 2.45) is 0 Å². The summed E-state index contributed by atoms with van der Waals surface area (Å²) in [6, 6.07) is 16.1. The Labute approximate surface area is 130 Å². The van der Waals surface area contributed by atoms with E-state index in [1.807, 2.05) is 43.3 Å². The molecule has 4 nitrogen and oxygen atoms in total. The van der Waals surface area contributed by atoms with Gasteiger partial charge in [-0.15, -0.1) is 0 Å². The van der Waals surface area contributed by atoms with Crippen LogP contribution in [0.4, 0.5) is 4.79 Å². The maximum absolute atomic E-state index is 11.6. The average molecular weight is 297 g/mol. The summed E-state index contributed by atoms with van der Waals surface area (Å²) in [6.45, 7) is 1.92. The van der Waals surface area contributed by atoms with Crippen LogP contribution in [0.15, 0.2) is 48.5 Å². The largest absolute Gasteiger partial charge is 0.496 e. The molecule has 114 valence electrons. The van der Waals surface area contributed by atoms with Crippen LogP contribution in [0.25, 0.3) is 11.1 Å². The summed E-state index contributed by atoms with van der Waals surface area (Å²) in [6.07, 6.45) is -0.416. The molecule has 0 radical (unpaired) electrons. The van der Waals surface area contributed by atoms with Gasteiger partial charge in [0, 0.05) is 12.6 Å². The fourth-order valence-electron chi connectivity index (χ4n) is 2.97. The molecule has 1 fully saturated rings. The number of benzene rings is 2. The molecule has 2 aromatic rings. The summed E-state index contributed by atoms with van der Waals surface area (Å²) in [4.78, 5) is 13.3. The molecule has 1 amide bonds. The van der Waals surface area contributed by atoms with E-state index in [0.29, 0.717) is 0 Å². The van der Waals surface area contributed by atoms with Gasteiger partial charge in [0.2, 0.25) is 0 Å². The molecular formula is C18H19NO3. The third-order valence-corrected chi connectivity index (χ3v) is 4.11. The third kappa shape index (κ3) is 2.41. The van der Waals surface area contributed by atoms with Crippen molar-refractivity contribution in [2.75, 3.05) is 14.2 Å². The molecule has 2 atom stereocenters. The minimum Gasteiger partial charge on any atom is -0.496 e. The third-order valence-electron chi connectivity index (χ3n) is 4.11. The highest BCUT2D eigenvalue weighted by atomic mass is 16.6. The molecule has 0 saturated carbocycles. The van der Waals surface area contributed by atoms with E-state index in [-0.39, 0.29) is 18.2 Å². The molecule has 0 aliphatic carbocycles. The van der Waals surface area contributed by atoms with E-state index >= 15 is 0 Å². The number of ether oxygens (including phenoxy) is 2. The summed E-state index contributed by atoms with van der Waals surface area (Å²) in [5.74, 6) is 0.847. The topological polar surface area (TPSA) is 38.8 Å². The van der Waals surface area contributed by atoms with Crippen molar-refractivity contribution in [3.05, 3.63) is 54.1 Å². The highest BCUT2D eigenvalue weighted by Crippen LogP contribution is 2.34. The van der Waals surface area contributed by atoms with Crippen molar-refractivity contribution in [1.82, 2.24) is 4.90 Å². The van der Waals surface area contributed by atoms with E-state index in [2.05, 4.69) is 12.1 Å². The molecule has 2 aromatic carbocycles. The number of amides is 1. The standard InChI is InChI=1S/C18H19NO3/c1-12-17(19(2)18(20)22-12)14-10-8-13(9-11-14)15-6-4-5-7-16(15)21-3/h4-12,17H,1-3H3. The summed E-state index contributed by atoms with van der Waals surface area (Å²) < 4.78 is 10.7. The molecule has 22 heavy (non-hydrogen) atoms. The Bertz CT molecular complexity index is 681. The van der Waals surface area contributed by atoms with E-state index in [9.17, 15) is 4.79 Å². The Morgan fingerprint density at radius 3 is 2.36 bits per heavy atom. The second-order valence-electron chi connectivity index (χ2n) is 5.47. The van der Waals surface area contributed by atoms with Crippen molar-refractivity contribution in [3.8, 4) is 16.9 Å². The van der Waals surface area contributed by atoms with Gasteiger partial charge < -0.3 is 14.4 Å². The van der Waals surface area contributed by atoms with Gasteiger partial charge in [-0.05, 0) is 24.1 Å². The van der Waals surface area contributed by atoms with Crippen LogP contribution in [0.5, 0.6) is 5.75 Å². The van der Waals surface area contributed by atoms with E-state index in [0.717, 1.165) is 22.4 Å². The lowest BCUT2D eigenvalue weighted by Crippen LogP contribution is -2.24. The van der Waals surface area contributed by atoms with Gasteiger partial charge in [-0.2, -0.15) is 0 Å². The molecular weight excluding hydrogens is 278 g/mol. The summed E-state index contributed by atoms with van der Waals surface area (Å²) in [5, 5.41) is 0. The number of methoxy groups -OCH3 is 1. The molecule has 1 aliphatic rings. The quantitative estimate of drug-likeness (QED) is 0.863. The van der Waals surface area contributed by atoms with Gasteiger partial charge in [0.1, 0.15) is 11.9 Å². The second-order valence-corrected chi connectivity index (χ2v) is 5.47. The molecule has 1 saturated heterocycles. The van der Waals surface area contributed by atoms with Crippen LogP contribution in [-0.4, -0.2) is 31.3 Å². The number of para-hydroxylation sites is 1. The molecule has 2 unspecified atom stereocenters. The predicted molar refractivity (Wildman–Crippen MR) is 84.9 cm³/mol. The Hall–Kier alpha value is -2.49. The number of nitrogens with zero attached hydrogens (tertiary/aromatic N) is 1.